The van der Waals surface area contributed by atoms with E-state index in [-0.39, 0.29) is 5.69 Å². The summed E-state index contributed by atoms with van der Waals surface area (Å²) >= 11 is 1.56. The quantitative estimate of drug-likeness (QED) is 0.787. The Kier molecular flexibility index (Phi) is 4.11. The van der Waals surface area contributed by atoms with Crippen LogP contribution in [0.25, 0.3) is 11.3 Å². The summed E-state index contributed by atoms with van der Waals surface area (Å²) in [6, 6.07) is 1.59. The molecule has 18 heavy (non-hydrogen) atoms. The first-order valence-electron chi connectivity index (χ1n) is 5.65. The molecule has 0 spiro atoms. The van der Waals surface area contributed by atoms with Crippen molar-refractivity contribution >= 4 is 17.3 Å². The van der Waals surface area contributed by atoms with Crippen LogP contribution in [0.5, 0.6) is 0 Å². The Balaban J connectivity index is 2.06. The largest absolute Gasteiger partial charge is 0.477 e. The Morgan fingerprint density at radius 2 is 2.44 bits per heavy atom. The van der Waals surface area contributed by atoms with E-state index in [1.807, 2.05) is 12.3 Å². The minimum absolute atomic E-state index is 0.175. The molecule has 0 amide bonds. The molecule has 2 aromatic rings. The third-order valence-electron chi connectivity index (χ3n) is 2.43. The lowest BCUT2D eigenvalue weighted by atomic mass is 10.2. The molecule has 0 aliphatic rings. The molecule has 2 N–H and O–H groups in total. The van der Waals surface area contributed by atoms with E-state index in [0.717, 1.165) is 22.7 Å². The van der Waals surface area contributed by atoms with Crippen molar-refractivity contribution in [1.29, 1.82) is 0 Å². The lowest BCUT2D eigenvalue weighted by Crippen LogP contribution is -1.97. The lowest BCUT2D eigenvalue weighted by molar-refractivity contribution is 0.0691. The summed E-state index contributed by atoms with van der Waals surface area (Å²) in [6.45, 7) is 3.33. The van der Waals surface area contributed by atoms with Crippen LogP contribution in [0.15, 0.2) is 17.6 Å². The highest BCUT2D eigenvalue weighted by Gasteiger charge is 2.10. The molecule has 96 valence electrons. The third kappa shape index (κ3) is 2.96. The van der Waals surface area contributed by atoms with Gasteiger partial charge in [-0.25, -0.2) is 9.78 Å². The van der Waals surface area contributed by atoms with Crippen molar-refractivity contribution in [2.24, 2.45) is 0 Å². The zero-order valence-corrected chi connectivity index (χ0v) is 10.8. The van der Waals surface area contributed by atoms with Gasteiger partial charge in [0.25, 0.3) is 0 Å². The summed E-state index contributed by atoms with van der Waals surface area (Å²) in [4.78, 5) is 17.9. The number of hydrogen-bond donors (Lipinski definition) is 2. The van der Waals surface area contributed by atoms with E-state index in [2.05, 4.69) is 9.97 Å². The van der Waals surface area contributed by atoms with Crippen LogP contribution in [0, 0.1) is 0 Å². The first-order valence-corrected chi connectivity index (χ1v) is 6.53. The topological polar surface area (TPSA) is 75.2 Å². The Labute approximate surface area is 108 Å². The van der Waals surface area contributed by atoms with Gasteiger partial charge in [-0.2, -0.15) is 0 Å². The molecule has 0 saturated heterocycles. The van der Waals surface area contributed by atoms with Crippen LogP contribution in [0.4, 0.5) is 0 Å². The Hall–Kier alpha value is -1.66. The van der Waals surface area contributed by atoms with Crippen molar-refractivity contribution in [1.82, 2.24) is 9.97 Å². The SMILES string of the molecule is CCOCCc1nc(-c2c[nH]c(C(=O)O)c2)cs1. The van der Waals surface area contributed by atoms with Crippen LogP contribution in [0.1, 0.15) is 22.4 Å². The summed E-state index contributed by atoms with van der Waals surface area (Å²) in [7, 11) is 0. The maximum atomic E-state index is 10.8. The molecule has 5 nitrogen and oxygen atoms in total. The summed E-state index contributed by atoms with van der Waals surface area (Å²) in [6.07, 6.45) is 2.44. The first-order chi connectivity index (χ1) is 8.70. The van der Waals surface area contributed by atoms with E-state index < -0.39 is 5.97 Å². The van der Waals surface area contributed by atoms with Gasteiger partial charge < -0.3 is 14.8 Å². The van der Waals surface area contributed by atoms with Gasteiger partial charge in [0.2, 0.25) is 0 Å². The van der Waals surface area contributed by atoms with Crippen molar-refractivity contribution in [3.8, 4) is 11.3 Å². The number of carbonyl (C=O) groups is 1. The molecule has 0 aliphatic carbocycles. The van der Waals surface area contributed by atoms with Crippen LogP contribution < -0.4 is 0 Å². The second-order valence-electron chi connectivity index (χ2n) is 3.68. The van der Waals surface area contributed by atoms with Gasteiger partial charge in [0.15, 0.2) is 0 Å². The van der Waals surface area contributed by atoms with Gasteiger partial charge in [0.1, 0.15) is 5.69 Å². The number of nitrogens with zero attached hydrogens (tertiary/aromatic N) is 1. The number of aromatic carboxylic acids is 1. The molecule has 0 radical (unpaired) electrons. The summed E-state index contributed by atoms with van der Waals surface area (Å²) in [5, 5.41) is 11.8. The zero-order valence-electron chi connectivity index (χ0n) is 9.97. The smallest absolute Gasteiger partial charge is 0.352 e. The highest BCUT2D eigenvalue weighted by molar-refractivity contribution is 7.09. The van der Waals surface area contributed by atoms with Gasteiger partial charge in [0.05, 0.1) is 17.3 Å². The fourth-order valence-electron chi connectivity index (χ4n) is 1.53. The minimum Gasteiger partial charge on any atom is -0.477 e. The lowest BCUT2D eigenvalue weighted by Gasteiger charge is -1.96. The second kappa shape index (κ2) is 5.79. The molecule has 2 rings (SSSR count). The number of H-pyrrole nitrogens is 1. The number of hydrogen-bond acceptors (Lipinski definition) is 4. The van der Waals surface area contributed by atoms with E-state index in [1.54, 1.807) is 23.6 Å². The molecule has 2 aromatic heterocycles. The Morgan fingerprint density at radius 1 is 1.61 bits per heavy atom. The van der Waals surface area contributed by atoms with Gasteiger partial charge in [-0.3, -0.25) is 0 Å². The van der Waals surface area contributed by atoms with Crippen molar-refractivity contribution in [3.05, 3.63) is 28.3 Å². The normalized spacial score (nSPS) is 10.7. The van der Waals surface area contributed by atoms with Crippen molar-refractivity contribution in [2.75, 3.05) is 13.2 Å². The molecule has 6 heteroatoms. The van der Waals surface area contributed by atoms with Gasteiger partial charge in [-0.1, -0.05) is 0 Å². The van der Waals surface area contributed by atoms with E-state index >= 15 is 0 Å². The molecule has 0 aromatic carbocycles. The Morgan fingerprint density at radius 3 is 3.11 bits per heavy atom. The molecule has 0 saturated carbocycles. The number of ether oxygens (including phenoxy) is 1. The average Bonchev–Trinajstić information content (AvgIpc) is 2.97. The van der Waals surface area contributed by atoms with Crippen molar-refractivity contribution in [3.63, 3.8) is 0 Å². The highest BCUT2D eigenvalue weighted by atomic mass is 32.1. The van der Waals surface area contributed by atoms with Crippen LogP contribution in [0.2, 0.25) is 0 Å². The molecule has 2 heterocycles. The molecular weight excluding hydrogens is 252 g/mol. The van der Waals surface area contributed by atoms with Crippen molar-refractivity contribution < 1.29 is 14.6 Å². The van der Waals surface area contributed by atoms with Gasteiger partial charge in [0, 0.05) is 30.2 Å². The highest BCUT2D eigenvalue weighted by Crippen LogP contribution is 2.23. The maximum Gasteiger partial charge on any atom is 0.352 e. The maximum absolute atomic E-state index is 10.8. The van der Waals surface area contributed by atoms with E-state index in [4.69, 9.17) is 9.84 Å². The summed E-state index contributed by atoms with van der Waals surface area (Å²) < 4.78 is 5.27. The monoisotopic (exact) mass is 266 g/mol. The second-order valence-corrected chi connectivity index (χ2v) is 4.62. The number of aromatic nitrogens is 2. The number of aromatic amines is 1. The van der Waals surface area contributed by atoms with Crippen LogP contribution >= 0.6 is 11.3 Å². The molecular formula is C12H14N2O3S. The standard InChI is InChI=1S/C12H14N2O3S/c1-2-17-4-3-11-14-10(7-18-11)8-5-9(12(15)16)13-6-8/h5-7,13H,2-4H2,1H3,(H,15,16). The predicted molar refractivity (Wildman–Crippen MR) is 69.1 cm³/mol. The Bertz CT molecular complexity index is 533. The molecule has 0 fully saturated rings. The molecule has 0 atom stereocenters. The molecule has 0 unspecified atom stereocenters. The number of carboxylic acids is 1. The van der Waals surface area contributed by atoms with Gasteiger partial charge in [-0.05, 0) is 13.0 Å². The minimum atomic E-state index is -0.965. The molecule has 0 bridgehead atoms. The van der Waals surface area contributed by atoms with Gasteiger partial charge >= 0.3 is 5.97 Å². The fraction of sp³-hybridized carbons (Fsp3) is 0.333. The average molecular weight is 266 g/mol. The predicted octanol–water partition coefficient (Wildman–Crippen LogP) is 2.42. The zero-order chi connectivity index (χ0) is 13.0. The summed E-state index contributed by atoms with van der Waals surface area (Å²) in [5.41, 5.74) is 1.77. The first kappa shape index (κ1) is 12.8. The van der Waals surface area contributed by atoms with Gasteiger partial charge in [-0.15, -0.1) is 11.3 Å². The van der Waals surface area contributed by atoms with E-state index in [1.165, 1.54) is 0 Å². The number of carboxylic acid groups (broad SMARTS) is 1. The number of nitrogens with one attached hydrogen (secondary N) is 1. The van der Waals surface area contributed by atoms with Crippen LogP contribution in [-0.4, -0.2) is 34.3 Å². The van der Waals surface area contributed by atoms with E-state index in [0.29, 0.717) is 13.2 Å². The summed E-state index contributed by atoms with van der Waals surface area (Å²) in [5.74, 6) is -0.965. The number of rotatable bonds is 6. The van der Waals surface area contributed by atoms with Crippen LogP contribution in [-0.2, 0) is 11.2 Å². The number of thiazole rings is 1. The molecule has 0 aliphatic heterocycles. The fourth-order valence-corrected chi connectivity index (χ4v) is 2.32. The van der Waals surface area contributed by atoms with E-state index in [9.17, 15) is 4.79 Å². The van der Waals surface area contributed by atoms with Crippen LogP contribution in [0.3, 0.4) is 0 Å². The van der Waals surface area contributed by atoms with Crippen molar-refractivity contribution in [2.45, 2.75) is 13.3 Å². The third-order valence-corrected chi connectivity index (χ3v) is 3.33.